The molecule has 88 valence electrons. The summed E-state index contributed by atoms with van der Waals surface area (Å²) < 4.78 is 5.72. The minimum absolute atomic E-state index is 0.224. The SMILES string of the molecule is CCC(C)(C)Oc1ccc(C)cc1C(=O)O. The summed E-state index contributed by atoms with van der Waals surface area (Å²) in [6.45, 7) is 7.76. The maximum absolute atomic E-state index is 11.1. The summed E-state index contributed by atoms with van der Waals surface area (Å²) in [6, 6.07) is 5.20. The van der Waals surface area contributed by atoms with Crippen LogP contribution in [0, 0.1) is 6.92 Å². The van der Waals surface area contributed by atoms with Gasteiger partial charge in [0.2, 0.25) is 0 Å². The van der Waals surface area contributed by atoms with Gasteiger partial charge in [0.15, 0.2) is 0 Å². The van der Waals surface area contributed by atoms with Gasteiger partial charge in [0, 0.05) is 0 Å². The van der Waals surface area contributed by atoms with Crippen LogP contribution in [-0.2, 0) is 0 Å². The zero-order valence-electron chi connectivity index (χ0n) is 10.2. The molecule has 0 amide bonds. The van der Waals surface area contributed by atoms with Crippen LogP contribution >= 0.6 is 0 Å². The van der Waals surface area contributed by atoms with Crippen LogP contribution in [0.1, 0.15) is 43.1 Å². The number of carboxylic acid groups (broad SMARTS) is 1. The van der Waals surface area contributed by atoms with Crippen LogP contribution in [0.3, 0.4) is 0 Å². The predicted molar refractivity (Wildman–Crippen MR) is 63.1 cm³/mol. The van der Waals surface area contributed by atoms with E-state index in [2.05, 4.69) is 0 Å². The van der Waals surface area contributed by atoms with E-state index in [-0.39, 0.29) is 11.2 Å². The number of aromatic carboxylic acids is 1. The highest BCUT2D eigenvalue weighted by Gasteiger charge is 2.20. The van der Waals surface area contributed by atoms with Crippen molar-refractivity contribution in [3.8, 4) is 5.75 Å². The van der Waals surface area contributed by atoms with Gasteiger partial charge < -0.3 is 9.84 Å². The Balaban J connectivity index is 3.09. The molecular formula is C13H18O3. The number of hydrogen-bond donors (Lipinski definition) is 1. The third kappa shape index (κ3) is 2.99. The number of benzene rings is 1. The third-order valence-corrected chi connectivity index (χ3v) is 2.60. The molecule has 3 nitrogen and oxygen atoms in total. The molecule has 1 aromatic rings. The van der Waals surface area contributed by atoms with E-state index in [0.717, 1.165) is 12.0 Å². The molecule has 1 rings (SSSR count). The zero-order valence-corrected chi connectivity index (χ0v) is 10.2. The fraction of sp³-hybridized carbons (Fsp3) is 0.462. The second-order valence-electron chi connectivity index (χ2n) is 4.52. The van der Waals surface area contributed by atoms with Gasteiger partial charge in [-0.2, -0.15) is 0 Å². The molecule has 0 heterocycles. The second-order valence-corrected chi connectivity index (χ2v) is 4.52. The molecule has 3 heteroatoms. The van der Waals surface area contributed by atoms with Crippen LogP contribution in [0.15, 0.2) is 18.2 Å². The van der Waals surface area contributed by atoms with Gasteiger partial charge in [-0.05, 0) is 39.3 Å². The number of carbonyl (C=O) groups is 1. The molecule has 0 aliphatic carbocycles. The first-order valence-electron chi connectivity index (χ1n) is 5.38. The monoisotopic (exact) mass is 222 g/mol. The molecule has 0 saturated carbocycles. The predicted octanol–water partition coefficient (Wildman–Crippen LogP) is 3.26. The summed E-state index contributed by atoms with van der Waals surface area (Å²) in [5.74, 6) is -0.518. The van der Waals surface area contributed by atoms with Gasteiger partial charge in [-0.3, -0.25) is 0 Å². The van der Waals surface area contributed by atoms with E-state index in [9.17, 15) is 4.79 Å². The van der Waals surface area contributed by atoms with E-state index < -0.39 is 5.97 Å². The van der Waals surface area contributed by atoms with Gasteiger partial charge in [0.25, 0.3) is 0 Å². The molecule has 1 N–H and O–H groups in total. The van der Waals surface area contributed by atoms with Crippen molar-refractivity contribution in [1.29, 1.82) is 0 Å². The molecule has 0 atom stereocenters. The van der Waals surface area contributed by atoms with Gasteiger partial charge in [0.05, 0.1) is 0 Å². The van der Waals surface area contributed by atoms with E-state index in [4.69, 9.17) is 9.84 Å². The molecule has 0 saturated heterocycles. The van der Waals surface area contributed by atoms with Crippen molar-refractivity contribution in [2.75, 3.05) is 0 Å². The number of rotatable bonds is 4. The van der Waals surface area contributed by atoms with Crippen molar-refractivity contribution in [2.45, 2.75) is 39.7 Å². The Labute approximate surface area is 96.1 Å². The molecule has 0 radical (unpaired) electrons. The lowest BCUT2D eigenvalue weighted by atomic mass is 10.1. The molecular weight excluding hydrogens is 204 g/mol. The lowest BCUT2D eigenvalue weighted by Crippen LogP contribution is -2.27. The van der Waals surface area contributed by atoms with Crippen molar-refractivity contribution < 1.29 is 14.6 Å². The average molecular weight is 222 g/mol. The summed E-state index contributed by atoms with van der Waals surface area (Å²) in [7, 11) is 0. The van der Waals surface area contributed by atoms with Crippen LogP contribution in [0.25, 0.3) is 0 Å². The van der Waals surface area contributed by atoms with Crippen LogP contribution in [0.2, 0.25) is 0 Å². The smallest absolute Gasteiger partial charge is 0.339 e. The van der Waals surface area contributed by atoms with Crippen LogP contribution in [0.5, 0.6) is 5.75 Å². The quantitative estimate of drug-likeness (QED) is 0.850. The van der Waals surface area contributed by atoms with Gasteiger partial charge >= 0.3 is 5.97 Å². The fourth-order valence-corrected chi connectivity index (χ4v) is 1.27. The standard InChI is InChI=1S/C13H18O3/c1-5-13(3,4)16-11-7-6-9(2)8-10(11)12(14)15/h6-8H,5H2,1-4H3,(H,14,15). The normalized spacial score (nSPS) is 11.2. The Morgan fingerprint density at radius 1 is 1.44 bits per heavy atom. The topological polar surface area (TPSA) is 46.5 Å². The van der Waals surface area contributed by atoms with E-state index in [1.165, 1.54) is 0 Å². The van der Waals surface area contributed by atoms with Crippen molar-refractivity contribution in [3.63, 3.8) is 0 Å². The first kappa shape index (κ1) is 12.6. The Hall–Kier alpha value is -1.51. The second kappa shape index (κ2) is 4.56. The van der Waals surface area contributed by atoms with E-state index in [0.29, 0.717) is 5.75 Å². The van der Waals surface area contributed by atoms with Gasteiger partial charge in [0.1, 0.15) is 16.9 Å². The molecule has 0 aliphatic rings. The maximum Gasteiger partial charge on any atom is 0.339 e. The first-order valence-corrected chi connectivity index (χ1v) is 5.38. The molecule has 16 heavy (non-hydrogen) atoms. The lowest BCUT2D eigenvalue weighted by Gasteiger charge is -2.25. The van der Waals surface area contributed by atoms with Crippen molar-refractivity contribution in [3.05, 3.63) is 29.3 Å². The van der Waals surface area contributed by atoms with Crippen molar-refractivity contribution in [2.24, 2.45) is 0 Å². The Bertz CT molecular complexity index is 394. The first-order chi connectivity index (χ1) is 7.35. The third-order valence-electron chi connectivity index (χ3n) is 2.60. The number of hydrogen-bond acceptors (Lipinski definition) is 2. The van der Waals surface area contributed by atoms with Crippen molar-refractivity contribution >= 4 is 5.97 Å². The van der Waals surface area contributed by atoms with E-state index >= 15 is 0 Å². The number of aryl methyl sites for hydroxylation is 1. The maximum atomic E-state index is 11.1. The fourth-order valence-electron chi connectivity index (χ4n) is 1.27. The summed E-state index contributed by atoms with van der Waals surface area (Å²) in [5, 5.41) is 9.08. The Morgan fingerprint density at radius 3 is 2.56 bits per heavy atom. The molecule has 0 bridgehead atoms. The summed E-state index contributed by atoms with van der Waals surface area (Å²) in [5.41, 5.74) is 0.792. The lowest BCUT2D eigenvalue weighted by molar-refractivity contribution is 0.0671. The average Bonchev–Trinajstić information content (AvgIpc) is 2.20. The molecule has 0 spiro atoms. The minimum atomic E-state index is -0.953. The summed E-state index contributed by atoms with van der Waals surface area (Å²) in [6.07, 6.45) is 0.819. The highest BCUT2D eigenvalue weighted by molar-refractivity contribution is 5.91. The van der Waals surface area contributed by atoms with Crippen molar-refractivity contribution in [1.82, 2.24) is 0 Å². The minimum Gasteiger partial charge on any atom is -0.487 e. The van der Waals surface area contributed by atoms with Crippen LogP contribution < -0.4 is 4.74 Å². The Morgan fingerprint density at radius 2 is 2.06 bits per heavy atom. The zero-order chi connectivity index (χ0) is 12.3. The summed E-state index contributed by atoms with van der Waals surface area (Å²) in [4.78, 5) is 11.1. The molecule has 0 unspecified atom stereocenters. The van der Waals surface area contributed by atoms with Crippen LogP contribution in [-0.4, -0.2) is 16.7 Å². The molecule has 0 aliphatic heterocycles. The largest absolute Gasteiger partial charge is 0.487 e. The van der Waals surface area contributed by atoms with E-state index in [1.54, 1.807) is 12.1 Å². The van der Waals surface area contributed by atoms with Gasteiger partial charge in [-0.25, -0.2) is 4.79 Å². The highest BCUT2D eigenvalue weighted by Crippen LogP contribution is 2.25. The molecule has 0 aromatic heterocycles. The number of ether oxygens (including phenoxy) is 1. The number of carboxylic acids is 1. The van der Waals surface area contributed by atoms with Crippen LogP contribution in [0.4, 0.5) is 0 Å². The van der Waals surface area contributed by atoms with E-state index in [1.807, 2.05) is 33.8 Å². The molecule has 0 fully saturated rings. The van der Waals surface area contributed by atoms with Gasteiger partial charge in [-0.15, -0.1) is 0 Å². The van der Waals surface area contributed by atoms with Gasteiger partial charge in [-0.1, -0.05) is 18.6 Å². The highest BCUT2D eigenvalue weighted by atomic mass is 16.5. The molecule has 1 aromatic carbocycles. The summed E-state index contributed by atoms with van der Waals surface area (Å²) >= 11 is 0. The Kier molecular flexibility index (Phi) is 3.58.